The Bertz CT molecular complexity index is 1550. The maximum Gasteiger partial charge on any atom is 0.229 e. The van der Waals surface area contributed by atoms with Crippen LogP contribution in [0, 0.1) is 23.2 Å². The number of anilines is 1. The molecule has 62 heavy (non-hydrogen) atoms. The summed E-state index contributed by atoms with van der Waals surface area (Å²) in [6.07, 6.45) is 8.80. The third-order valence-electron chi connectivity index (χ3n) is 8.61. The summed E-state index contributed by atoms with van der Waals surface area (Å²) in [5.74, 6) is 4.85. The quantitative estimate of drug-likeness (QED) is 0.0106. The molecule has 15 nitrogen and oxygen atoms in total. The van der Waals surface area contributed by atoms with Crippen molar-refractivity contribution in [2.45, 2.75) is 64.4 Å². The summed E-state index contributed by atoms with van der Waals surface area (Å²) in [6, 6.07) is 5.82. The molecule has 1 aromatic carbocycles. The fraction of sp³-hybridized carbons (Fsp3) is 0.628. The summed E-state index contributed by atoms with van der Waals surface area (Å²) in [5.41, 5.74) is 1.42. The Morgan fingerprint density at radius 2 is 1.68 bits per heavy atom. The van der Waals surface area contributed by atoms with Crippen LogP contribution >= 0.6 is 31.9 Å². The minimum absolute atomic E-state index is 0. The van der Waals surface area contributed by atoms with Gasteiger partial charge >= 0.3 is 0 Å². The van der Waals surface area contributed by atoms with Gasteiger partial charge in [-0.25, -0.2) is 0 Å². The van der Waals surface area contributed by atoms with Gasteiger partial charge in [0.1, 0.15) is 30.9 Å². The van der Waals surface area contributed by atoms with Crippen LogP contribution in [0.15, 0.2) is 28.1 Å². The molecular formula is C43H70ClCmN7O8PS-. The monoisotopic (exact) mass is 1150 g/mol. The molecule has 1 fully saturated rings. The maximum absolute atomic E-state index is 12.3. The summed E-state index contributed by atoms with van der Waals surface area (Å²) in [6.45, 7) is 23.9. The zero-order chi connectivity index (χ0) is 45.7. The first-order valence-electron chi connectivity index (χ1n) is 20.7. The molecule has 0 radical (unpaired) electrons. The van der Waals surface area contributed by atoms with E-state index in [-0.39, 0.29) is 43.2 Å². The summed E-state index contributed by atoms with van der Waals surface area (Å²) in [4.78, 5) is 36.2. The fourth-order valence-corrected chi connectivity index (χ4v) is 7.54. The van der Waals surface area contributed by atoms with Gasteiger partial charge in [0.15, 0.2) is 5.52 Å². The molecule has 3 rings (SSSR count). The van der Waals surface area contributed by atoms with Gasteiger partial charge in [0, 0.05) is 42.6 Å². The Hall–Kier alpha value is -4.23. The van der Waals surface area contributed by atoms with Crippen LogP contribution in [-0.2, 0) is 28.5 Å². The van der Waals surface area contributed by atoms with Gasteiger partial charge in [-0.2, -0.15) is 9.97 Å². The van der Waals surface area contributed by atoms with Gasteiger partial charge in [0.25, 0.3) is 0 Å². The number of aliphatic imine (C=N–C) groups is 1. The van der Waals surface area contributed by atoms with Crippen LogP contribution in [0.3, 0.4) is 0 Å². The van der Waals surface area contributed by atoms with Gasteiger partial charge < -0.3 is 54.2 Å². The van der Waals surface area contributed by atoms with Gasteiger partial charge in [-0.3, -0.25) is 16.6 Å². The number of hydrogen-bond donors (Lipinski definition) is 3. The predicted octanol–water partition coefficient (Wildman–Crippen LogP) is 6.50. The Morgan fingerprint density at radius 1 is 1.06 bits per heavy atom. The number of thioether (sulfide) groups is 1. The number of halogens is 1. The van der Waals surface area contributed by atoms with E-state index in [4.69, 9.17) is 56.6 Å². The van der Waals surface area contributed by atoms with E-state index in [0.717, 1.165) is 54.6 Å². The Labute approximate surface area is 376 Å². The van der Waals surface area contributed by atoms with Crippen LogP contribution in [0.2, 0.25) is 5.28 Å². The van der Waals surface area contributed by atoms with E-state index < -0.39 is 0 Å². The molecular weight excluding hydrogens is 1090 g/mol. The van der Waals surface area contributed by atoms with Crippen molar-refractivity contribution in [2.24, 2.45) is 10.4 Å². The Morgan fingerprint density at radius 3 is 2.23 bits per heavy atom. The second-order valence-electron chi connectivity index (χ2n) is 12.8. The summed E-state index contributed by atoms with van der Waals surface area (Å²) in [5, 5.41) is 14.7. The molecule has 1 aliphatic heterocycles. The SMILES string of the molecule is C#CCOCCOCCOCCOCCOc1ccc(N=C)c(SCCCC2(CNC)CN(c3nc(Cl)nc(OC(CCNC)CC(=O)PC)c3C=N)C2)c1.CC.CC.[CH-]=O.[Cm]. The topological polar surface area (TPSA) is 179 Å². The van der Waals surface area contributed by atoms with E-state index in [0.29, 0.717) is 83.8 Å². The average Bonchev–Trinajstić information content (AvgIpc) is 3.27. The molecule has 2 heterocycles. The molecule has 2 unspecified atom stereocenters. The second-order valence-corrected chi connectivity index (χ2v) is 15.3. The third-order valence-corrected chi connectivity index (χ3v) is 10.7. The predicted molar refractivity (Wildman–Crippen MR) is 253 cm³/mol. The average molecular weight is 1160 g/mol. The van der Waals surface area contributed by atoms with Crippen molar-refractivity contribution in [3.05, 3.63) is 29.0 Å². The molecule has 0 bridgehead atoms. The first-order valence-corrected chi connectivity index (χ1v) is 23.5. The largest absolute Gasteiger partial charge is 0.545 e. The second kappa shape index (κ2) is 38.4. The number of terminal acetylenes is 1. The fourth-order valence-electron chi connectivity index (χ4n) is 5.96. The Kier molecular flexibility index (Phi) is 37.1. The van der Waals surface area contributed by atoms with E-state index >= 15 is 0 Å². The number of carbonyl (C=O) groups is 1. The molecule has 1 saturated heterocycles. The zero-order valence-electron chi connectivity index (χ0n) is 37.7. The van der Waals surface area contributed by atoms with Crippen molar-refractivity contribution in [1.82, 2.24) is 20.6 Å². The molecule has 2 aromatic rings. The van der Waals surface area contributed by atoms with Gasteiger partial charge in [-0.15, -0.1) is 18.2 Å². The molecule has 1 aliphatic rings. The molecule has 352 valence electrons. The van der Waals surface area contributed by atoms with Crippen molar-refractivity contribution < 1.29 is 38.0 Å². The molecule has 0 amide bonds. The maximum atomic E-state index is 12.3. The van der Waals surface area contributed by atoms with Crippen LogP contribution in [0.25, 0.3) is 0 Å². The van der Waals surface area contributed by atoms with Crippen molar-refractivity contribution in [2.75, 3.05) is 117 Å². The molecule has 1 aromatic heterocycles. The molecule has 0 aliphatic carbocycles. The molecule has 0 saturated carbocycles. The Balaban J connectivity index is 0. The normalized spacial score (nSPS) is 12.7. The van der Waals surface area contributed by atoms with E-state index in [1.165, 1.54) is 6.21 Å². The van der Waals surface area contributed by atoms with Crippen LogP contribution in [0.4, 0.5) is 11.5 Å². The van der Waals surface area contributed by atoms with Gasteiger partial charge in [0.2, 0.25) is 11.2 Å². The van der Waals surface area contributed by atoms with Crippen molar-refractivity contribution in [1.29, 1.82) is 5.41 Å². The number of nitrogens with one attached hydrogen (secondary N) is 3. The minimum atomic E-state index is -0.384. The summed E-state index contributed by atoms with van der Waals surface area (Å²) < 4.78 is 33.9. The van der Waals surface area contributed by atoms with E-state index in [2.05, 4.69) is 49.9 Å². The number of hydrogen-bond acceptors (Lipinski definition) is 16. The minimum Gasteiger partial charge on any atom is -0.545 e. The third kappa shape index (κ3) is 23.3. The number of aromatic nitrogens is 2. The number of ether oxygens (including phenoxy) is 6. The van der Waals surface area contributed by atoms with Crippen LogP contribution in [0.1, 0.15) is 58.9 Å². The van der Waals surface area contributed by atoms with Gasteiger partial charge in [-0.1, -0.05) is 42.2 Å². The first kappa shape index (κ1) is 59.9. The van der Waals surface area contributed by atoms with Crippen molar-refractivity contribution in [3.63, 3.8) is 0 Å². The molecule has 0 spiro atoms. The number of rotatable bonds is 32. The molecule has 3 N–H and O–H groups in total. The van der Waals surface area contributed by atoms with Gasteiger partial charge in [0.05, 0.1) is 57.5 Å². The van der Waals surface area contributed by atoms with Crippen LogP contribution in [0.5, 0.6) is 11.6 Å². The first-order chi connectivity index (χ1) is 29.8. The number of carbonyl (C=O) groups excluding carboxylic acids is 2. The van der Waals surface area contributed by atoms with Crippen LogP contribution in [-0.4, -0.2) is 153 Å². The van der Waals surface area contributed by atoms with Crippen LogP contribution < -0.4 is 25.0 Å². The molecule has 2 atom stereocenters. The standard InChI is InChI=1S/C38H57ClN7O7PS.2C2H6.CHO.Cm/c1-6-13-48-14-15-49-16-17-50-18-19-51-20-21-52-29-8-9-32(43-4)33(23-29)55-22-7-11-38(26-42-3)27-46(28-38)35-31(25-40)36(45-37(39)44-35)53-30(10-12-41-2)24-34(47)54-5;3*1-2;/h1,8-9,23,25,30,40-42,54H,4,7,10-22,24,26-28H2,2-3,5H3;2*1-2H3;1H;/q;;;-1;. The van der Waals surface area contributed by atoms with E-state index in [1.807, 2.05) is 66.7 Å². The summed E-state index contributed by atoms with van der Waals surface area (Å²) in [7, 11) is 4.00. The number of benzene rings is 1. The van der Waals surface area contributed by atoms with Crippen molar-refractivity contribution in [3.8, 4) is 24.0 Å². The zero-order valence-corrected chi connectivity index (χ0v) is 43.2. The van der Waals surface area contributed by atoms with E-state index in [1.54, 1.807) is 11.8 Å². The van der Waals surface area contributed by atoms with Gasteiger partial charge in [-0.05, 0) is 88.8 Å². The summed E-state index contributed by atoms with van der Waals surface area (Å²) >= 11 is 8.13. The molecule has 19 heteroatoms. The smallest absolute Gasteiger partial charge is 0.229 e. The van der Waals surface area contributed by atoms with E-state index in [9.17, 15) is 4.79 Å². The number of nitrogens with zero attached hydrogens (tertiary/aromatic N) is 4. The van der Waals surface area contributed by atoms with Crippen molar-refractivity contribution >= 4 is 68.7 Å².